The summed E-state index contributed by atoms with van der Waals surface area (Å²) in [5, 5.41) is 8.51. The van der Waals surface area contributed by atoms with Crippen molar-refractivity contribution in [1.82, 2.24) is 30.1 Å². The molecule has 2 aromatic carbocycles. The van der Waals surface area contributed by atoms with Gasteiger partial charge in [-0.15, -0.1) is 0 Å². The molecule has 0 radical (unpaired) electrons. The summed E-state index contributed by atoms with van der Waals surface area (Å²) in [6.07, 6.45) is 5.16. The second-order valence-electron chi connectivity index (χ2n) is 8.10. The molecular weight excluding hydrogens is 431 g/mol. The van der Waals surface area contributed by atoms with E-state index in [9.17, 15) is 4.39 Å². The summed E-state index contributed by atoms with van der Waals surface area (Å²) in [6.45, 7) is 1.86. The van der Waals surface area contributed by atoms with E-state index in [1.165, 1.54) is 12.1 Å². The van der Waals surface area contributed by atoms with Gasteiger partial charge in [0.1, 0.15) is 22.8 Å². The van der Waals surface area contributed by atoms with Crippen molar-refractivity contribution < 1.29 is 9.13 Å². The lowest BCUT2D eigenvalue weighted by molar-refractivity contribution is 0.413. The number of hydrogen-bond acceptors (Lipinski definition) is 5. The molecule has 6 rings (SSSR count). The number of aromatic amines is 2. The Bertz CT molecular complexity index is 1670. The molecule has 0 aliphatic carbocycles. The zero-order chi connectivity index (χ0) is 23.2. The van der Waals surface area contributed by atoms with Gasteiger partial charge >= 0.3 is 0 Å². The van der Waals surface area contributed by atoms with E-state index in [0.29, 0.717) is 34.0 Å². The Labute approximate surface area is 193 Å². The van der Waals surface area contributed by atoms with E-state index >= 15 is 0 Å². The lowest BCUT2D eigenvalue weighted by Crippen LogP contribution is -1.88. The maximum Gasteiger partial charge on any atom is 0.159 e. The first-order valence-corrected chi connectivity index (χ1v) is 10.7. The van der Waals surface area contributed by atoms with E-state index in [0.717, 1.165) is 33.1 Å². The number of imidazole rings is 1. The molecule has 166 valence electrons. The van der Waals surface area contributed by atoms with Crippen LogP contribution < -0.4 is 4.74 Å². The van der Waals surface area contributed by atoms with Crippen molar-refractivity contribution in [1.29, 1.82) is 0 Å². The SMILES string of the molecule is COc1cncc(-c2ccc3[nH]nc(-c4nc5c(-c6cc(C)cc(F)c6)nccc5[nH]4)c3c2)c1. The summed E-state index contributed by atoms with van der Waals surface area (Å²) < 4.78 is 19.4. The molecule has 4 aromatic heterocycles. The predicted octanol–water partition coefficient (Wildman–Crippen LogP) is 5.69. The molecule has 0 saturated carbocycles. The molecule has 34 heavy (non-hydrogen) atoms. The van der Waals surface area contributed by atoms with E-state index in [2.05, 4.69) is 25.1 Å². The molecule has 8 heteroatoms. The van der Waals surface area contributed by atoms with Crippen LogP contribution in [0.1, 0.15) is 5.56 Å². The highest BCUT2D eigenvalue weighted by molar-refractivity contribution is 5.97. The van der Waals surface area contributed by atoms with Crippen molar-refractivity contribution in [2.45, 2.75) is 6.92 Å². The lowest BCUT2D eigenvalue weighted by atomic mass is 10.0. The Hall–Kier alpha value is -4.59. The molecule has 0 fully saturated rings. The van der Waals surface area contributed by atoms with Crippen molar-refractivity contribution in [2.24, 2.45) is 0 Å². The number of aromatic nitrogens is 6. The smallest absolute Gasteiger partial charge is 0.159 e. The van der Waals surface area contributed by atoms with Crippen LogP contribution in [0.2, 0.25) is 0 Å². The average Bonchev–Trinajstić information content (AvgIpc) is 3.46. The van der Waals surface area contributed by atoms with Gasteiger partial charge in [0.25, 0.3) is 0 Å². The quantitative estimate of drug-likeness (QED) is 0.360. The van der Waals surface area contributed by atoms with Crippen LogP contribution in [0, 0.1) is 12.7 Å². The summed E-state index contributed by atoms with van der Waals surface area (Å²) in [5.41, 5.74) is 7.06. The van der Waals surface area contributed by atoms with Gasteiger partial charge in [0, 0.05) is 28.9 Å². The number of nitrogens with one attached hydrogen (secondary N) is 2. The molecule has 0 atom stereocenters. The first-order valence-electron chi connectivity index (χ1n) is 10.7. The largest absolute Gasteiger partial charge is 0.495 e. The number of methoxy groups -OCH3 is 1. The predicted molar refractivity (Wildman–Crippen MR) is 129 cm³/mol. The maximum atomic E-state index is 14.1. The Balaban J connectivity index is 1.49. The number of H-pyrrole nitrogens is 2. The lowest BCUT2D eigenvalue weighted by Gasteiger charge is -2.04. The van der Waals surface area contributed by atoms with Crippen LogP contribution >= 0.6 is 0 Å². The van der Waals surface area contributed by atoms with E-state index in [4.69, 9.17) is 9.72 Å². The first kappa shape index (κ1) is 20.0. The Kier molecular flexibility index (Phi) is 4.58. The fraction of sp³-hybridized carbons (Fsp3) is 0.0769. The van der Waals surface area contributed by atoms with Crippen molar-refractivity contribution in [3.05, 3.63) is 78.5 Å². The van der Waals surface area contributed by atoms with Gasteiger partial charge in [-0.05, 0) is 60.5 Å². The topological polar surface area (TPSA) is 92.4 Å². The minimum atomic E-state index is -0.303. The van der Waals surface area contributed by atoms with E-state index < -0.39 is 0 Å². The molecule has 0 spiro atoms. The summed E-state index contributed by atoms with van der Waals surface area (Å²) in [5.74, 6) is 0.988. The van der Waals surface area contributed by atoms with E-state index in [-0.39, 0.29) is 5.82 Å². The number of halogens is 1. The van der Waals surface area contributed by atoms with Gasteiger partial charge < -0.3 is 9.72 Å². The van der Waals surface area contributed by atoms with Gasteiger partial charge in [0.15, 0.2) is 5.82 Å². The van der Waals surface area contributed by atoms with Gasteiger partial charge in [-0.25, -0.2) is 9.37 Å². The van der Waals surface area contributed by atoms with E-state index in [1.54, 1.807) is 25.7 Å². The van der Waals surface area contributed by atoms with Crippen LogP contribution in [0.3, 0.4) is 0 Å². The third-order valence-electron chi connectivity index (χ3n) is 5.79. The number of ether oxygens (including phenoxy) is 1. The van der Waals surface area contributed by atoms with Gasteiger partial charge in [0.05, 0.1) is 30.0 Å². The molecule has 7 nitrogen and oxygen atoms in total. The fourth-order valence-electron chi connectivity index (χ4n) is 4.19. The Morgan fingerprint density at radius 3 is 2.65 bits per heavy atom. The summed E-state index contributed by atoms with van der Waals surface area (Å²) in [4.78, 5) is 16.9. The van der Waals surface area contributed by atoms with Crippen molar-refractivity contribution >= 4 is 21.9 Å². The Morgan fingerprint density at radius 1 is 0.882 bits per heavy atom. The summed E-state index contributed by atoms with van der Waals surface area (Å²) >= 11 is 0. The van der Waals surface area contributed by atoms with E-state index in [1.807, 2.05) is 43.3 Å². The number of rotatable bonds is 4. The minimum absolute atomic E-state index is 0.303. The average molecular weight is 450 g/mol. The van der Waals surface area contributed by atoms with Crippen LogP contribution in [-0.4, -0.2) is 37.2 Å². The van der Waals surface area contributed by atoms with Crippen LogP contribution in [-0.2, 0) is 0 Å². The van der Waals surface area contributed by atoms with Gasteiger partial charge in [0.2, 0.25) is 0 Å². The molecule has 0 saturated heterocycles. The third kappa shape index (κ3) is 3.36. The number of fused-ring (bicyclic) bond motifs is 2. The number of nitrogens with zero attached hydrogens (tertiary/aromatic N) is 4. The third-order valence-corrected chi connectivity index (χ3v) is 5.79. The number of aryl methyl sites for hydroxylation is 1. The molecule has 6 aromatic rings. The molecule has 0 bridgehead atoms. The van der Waals surface area contributed by atoms with Gasteiger partial charge in [-0.1, -0.05) is 6.07 Å². The summed E-state index contributed by atoms with van der Waals surface area (Å²) in [6, 6.07) is 14.7. The molecule has 0 amide bonds. The highest BCUT2D eigenvalue weighted by Crippen LogP contribution is 2.33. The number of hydrogen-bond donors (Lipinski definition) is 2. The van der Waals surface area contributed by atoms with Gasteiger partial charge in [-0.2, -0.15) is 5.10 Å². The molecule has 0 unspecified atom stereocenters. The summed E-state index contributed by atoms with van der Waals surface area (Å²) in [7, 11) is 1.62. The Morgan fingerprint density at radius 2 is 1.79 bits per heavy atom. The zero-order valence-electron chi connectivity index (χ0n) is 18.4. The molecule has 0 aliphatic rings. The van der Waals surface area contributed by atoms with Crippen molar-refractivity contribution in [3.8, 4) is 39.7 Å². The standard InChI is InChI=1S/C26H19FN6O/c1-14-7-16(9-18(27)8-14)23-25-22(5-6-29-23)30-26(31-25)24-20-11-15(3-4-21(20)32-33-24)17-10-19(34-2)13-28-12-17/h3-13H,1-2H3,(H,30,31)(H,32,33). The number of benzene rings is 2. The van der Waals surface area contributed by atoms with Gasteiger partial charge in [-0.3, -0.25) is 15.1 Å². The minimum Gasteiger partial charge on any atom is -0.495 e. The first-order chi connectivity index (χ1) is 16.6. The zero-order valence-corrected chi connectivity index (χ0v) is 18.4. The second-order valence-corrected chi connectivity index (χ2v) is 8.10. The van der Waals surface area contributed by atoms with Crippen molar-refractivity contribution in [2.75, 3.05) is 7.11 Å². The van der Waals surface area contributed by atoms with Crippen LogP contribution in [0.25, 0.3) is 55.8 Å². The maximum absolute atomic E-state index is 14.1. The number of pyridine rings is 2. The fourth-order valence-corrected chi connectivity index (χ4v) is 4.19. The van der Waals surface area contributed by atoms with Crippen LogP contribution in [0.15, 0.2) is 67.1 Å². The highest BCUT2D eigenvalue weighted by atomic mass is 19.1. The normalized spacial score (nSPS) is 11.4. The molecule has 0 aliphatic heterocycles. The monoisotopic (exact) mass is 450 g/mol. The van der Waals surface area contributed by atoms with Crippen LogP contribution in [0.5, 0.6) is 5.75 Å². The molecular formula is C26H19FN6O. The van der Waals surface area contributed by atoms with Crippen molar-refractivity contribution in [3.63, 3.8) is 0 Å². The highest BCUT2D eigenvalue weighted by Gasteiger charge is 2.17. The second kappa shape index (κ2) is 7.77. The molecule has 2 N–H and O–H groups in total. The molecule has 4 heterocycles. The van der Waals surface area contributed by atoms with Crippen LogP contribution in [0.4, 0.5) is 4.39 Å².